The number of rotatable bonds is 9. The zero-order valence-electron chi connectivity index (χ0n) is 23.3. The second-order valence-electron chi connectivity index (χ2n) is 11.4. The van der Waals surface area contributed by atoms with E-state index in [4.69, 9.17) is 20.2 Å². The average molecular weight is 552 g/mol. The van der Waals surface area contributed by atoms with Crippen LogP contribution in [-0.2, 0) is 24.5 Å². The summed E-state index contributed by atoms with van der Waals surface area (Å²) in [5, 5.41) is 4.22. The van der Waals surface area contributed by atoms with Gasteiger partial charge < -0.3 is 25.4 Å². The molecule has 10 nitrogen and oxygen atoms in total. The lowest BCUT2D eigenvalue weighted by Gasteiger charge is -2.25. The zero-order valence-corrected chi connectivity index (χ0v) is 23.3. The summed E-state index contributed by atoms with van der Waals surface area (Å²) in [6.45, 7) is 3.98. The standard InChI is InChI=1S/C31H33N7O3/c1-18-26(7-8-27(36-18)41-31(9-10-31)17-33-2)38(30(39)21-12-34-29(35-13-21)20-4-5-20)14-19-3-6-22-23-15-40-16-24(23)28(32)37-25(22)11-19/h3,6-8,11-13,20,33H,4-5,9-10,14-17H2,1-2H3,(H2,32,37). The van der Waals surface area contributed by atoms with E-state index < -0.39 is 0 Å². The van der Waals surface area contributed by atoms with E-state index in [1.807, 2.05) is 44.3 Å². The number of nitrogen functional groups attached to an aromatic ring is 1. The quantitative estimate of drug-likeness (QED) is 0.315. The molecule has 41 heavy (non-hydrogen) atoms. The molecule has 4 aromatic rings. The molecule has 0 bridgehead atoms. The van der Waals surface area contributed by atoms with Gasteiger partial charge in [0.25, 0.3) is 5.91 Å². The van der Waals surface area contributed by atoms with E-state index in [0.29, 0.717) is 54.3 Å². The van der Waals surface area contributed by atoms with E-state index in [1.54, 1.807) is 17.3 Å². The molecular formula is C31H33N7O3. The minimum Gasteiger partial charge on any atom is -0.470 e. The Labute approximate surface area is 238 Å². The molecule has 0 atom stereocenters. The minimum absolute atomic E-state index is 0.197. The summed E-state index contributed by atoms with van der Waals surface area (Å²) >= 11 is 0. The Bertz CT molecular complexity index is 1650. The Morgan fingerprint density at radius 1 is 1.12 bits per heavy atom. The predicted molar refractivity (Wildman–Crippen MR) is 155 cm³/mol. The van der Waals surface area contributed by atoms with Gasteiger partial charge in [-0.1, -0.05) is 12.1 Å². The van der Waals surface area contributed by atoms with Crippen LogP contribution in [0.25, 0.3) is 10.9 Å². The number of fused-ring (bicyclic) bond motifs is 3. The third kappa shape index (κ3) is 4.98. The number of anilines is 2. The summed E-state index contributed by atoms with van der Waals surface area (Å²) in [5.74, 6) is 2.07. The second kappa shape index (κ2) is 10.0. The number of nitrogens with zero attached hydrogens (tertiary/aromatic N) is 5. The molecule has 0 radical (unpaired) electrons. The van der Waals surface area contributed by atoms with Crippen molar-refractivity contribution in [2.75, 3.05) is 24.2 Å². The molecule has 2 aliphatic carbocycles. The normalized spacial score (nSPS) is 16.9. The molecule has 1 aromatic carbocycles. The maximum absolute atomic E-state index is 14.0. The van der Waals surface area contributed by atoms with E-state index in [0.717, 1.165) is 65.6 Å². The van der Waals surface area contributed by atoms with Crippen molar-refractivity contribution in [3.8, 4) is 5.88 Å². The van der Waals surface area contributed by atoms with Gasteiger partial charge in [-0.3, -0.25) is 4.79 Å². The topological polar surface area (TPSA) is 128 Å². The van der Waals surface area contributed by atoms with Crippen LogP contribution in [0.5, 0.6) is 5.88 Å². The van der Waals surface area contributed by atoms with Crippen LogP contribution in [0.4, 0.5) is 11.5 Å². The van der Waals surface area contributed by atoms with Crippen LogP contribution in [0, 0.1) is 6.92 Å². The Balaban J connectivity index is 1.23. The predicted octanol–water partition coefficient (Wildman–Crippen LogP) is 4.20. The molecule has 210 valence electrons. The van der Waals surface area contributed by atoms with E-state index >= 15 is 0 Å². The highest BCUT2D eigenvalue weighted by atomic mass is 16.5. The fourth-order valence-electron chi connectivity index (χ4n) is 5.60. The highest BCUT2D eigenvalue weighted by Gasteiger charge is 2.45. The molecule has 3 N–H and O–H groups in total. The molecule has 1 aliphatic heterocycles. The molecule has 1 amide bonds. The first kappa shape index (κ1) is 25.8. The summed E-state index contributed by atoms with van der Waals surface area (Å²) in [4.78, 5) is 34.1. The number of aromatic nitrogens is 4. The fraction of sp³-hybridized carbons (Fsp3) is 0.387. The SMILES string of the molecule is CNCC1(Oc2ccc(N(Cc3ccc4c5c(c(N)nc4c3)COC5)C(=O)c3cnc(C4CC4)nc3)c(C)n2)CC1. The summed E-state index contributed by atoms with van der Waals surface area (Å²) in [6.07, 6.45) is 7.46. The highest BCUT2D eigenvalue weighted by Crippen LogP contribution is 2.40. The Morgan fingerprint density at radius 3 is 2.61 bits per heavy atom. The Kier molecular flexibility index (Phi) is 6.32. The maximum Gasteiger partial charge on any atom is 0.261 e. The Morgan fingerprint density at radius 2 is 1.90 bits per heavy atom. The largest absolute Gasteiger partial charge is 0.470 e. The van der Waals surface area contributed by atoms with Crippen LogP contribution in [0.3, 0.4) is 0 Å². The van der Waals surface area contributed by atoms with Crippen LogP contribution in [0.15, 0.2) is 42.7 Å². The van der Waals surface area contributed by atoms with Gasteiger partial charge in [-0.15, -0.1) is 0 Å². The number of ether oxygens (including phenoxy) is 2. The first-order chi connectivity index (χ1) is 19.9. The lowest BCUT2D eigenvalue weighted by molar-refractivity contribution is 0.0983. The van der Waals surface area contributed by atoms with Crippen molar-refractivity contribution < 1.29 is 14.3 Å². The number of nitrogens with two attached hydrogens (primary N) is 1. The molecule has 0 spiro atoms. The number of carbonyl (C=O) groups excluding carboxylic acids is 1. The van der Waals surface area contributed by atoms with Crippen molar-refractivity contribution in [1.29, 1.82) is 0 Å². The summed E-state index contributed by atoms with van der Waals surface area (Å²) < 4.78 is 11.9. The molecule has 4 heterocycles. The van der Waals surface area contributed by atoms with Gasteiger partial charge in [-0.25, -0.2) is 19.9 Å². The number of carbonyl (C=O) groups is 1. The first-order valence-corrected chi connectivity index (χ1v) is 14.2. The molecule has 0 saturated heterocycles. The summed E-state index contributed by atoms with van der Waals surface area (Å²) in [6, 6.07) is 9.81. The number of aryl methyl sites for hydroxylation is 1. The van der Waals surface area contributed by atoms with E-state index in [-0.39, 0.29) is 11.5 Å². The average Bonchev–Trinajstić information content (AvgIpc) is 3.90. The van der Waals surface area contributed by atoms with Crippen molar-refractivity contribution >= 4 is 28.3 Å². The van der Waals surface area contributed by atoms with Gasteiger partial charge in [0.2, 0.25) is 5.88 Å². The number of likely N-dealkylation sites (N-methyl/N-ethyl adjacent to an activating group) is 1. The molecule has 0 unspecified atom stereocenters. The smallest absolute Gasteiger partial charge is 0.261 e. The lowest BCUT2D eigenvalue weighted by atomic mass is 10.0. The molecule has 3 aliphatic rings. The van der Waals surface area contributed by atoms with Gasteiger partial charge in [0.05, 0.1) is 42.2 Å². The van der Waals surface area contributed by atoms with Gasteiger partial charge in [0.15, 0.2) is 0 Å². The van der Waals surface area contributed by atoms with Crippen molar-refractivity contribution in [3.63, 3.8) is 0 Å². The number of benzene rings is 1. The van der Waals surface area contributed by atoms with Gasteiger partial charge in [-0.2, -0.15) is 0 Å². The third-order valence-electron chi connectivity index (χ3n) is 8.19. The molecule has 2 fully saturated rings. The fourth-order valence-corrected chi connectivity index (χ4v) is 5.60. The van der Waals surface area contributed by atoms with Gasteiger partial charge >= 0.3 is 0 Å². The van der Waals surface area contributed by atoms with Crippen molar-refractivity contribution in [2.45, 2.75) is 63.9 Å². The summed E-state index contributed by atoms with van der Waals surface area (Å²) in [5.41, 5.74) is 11.6. The van der Waals surface area contributed by atoms with Crippen molar-refractivity contribution in [2.24, 2.45) is 0 Å². The van der Waals surface area contributed by atoms with Crippen LogP contribution in [0.1, 0.15) is 70.2 Å². The van der Waals surface area contributed by atoms with Crippen molar-refractivity contribution in [1.82, 2.24) is 25.3 Å². The first-order valence-electron chi connectivity index (χ1n) is 14.2. The number of hydrogen-bond donors (Lipinski definition) is 2. The zero-order chi connectivity index (χ0) is 28.1. The number of pyridine rings is 2. The maximum atomic E-state index is 14.0. The third-order valence-corrected chi connectivity index (χ3v) is 8.19. The Hall–Kier alpha value is -4.15. The molecular weight excluding hydrogens is 518 g/mol. The minimum atomic E-state index is -0.199. The van der Waals surface area contributed by atoms with Gasteiger partial charge in [-0.05, 0) is 62.9 Å². The van der Waals surface area contributed by atoms with E-state index in [2.05, 4.69) is 20.3 Å². The van der Waals surface area contributed by atoms with Crippen LogP contribution in [-0.4, -0.2) is 45.0 Å². The number of amides is 1. The molecule has 3 aromatic heterocycles. The summed E-state index contributed by atoms with van der Waals surface area (Å²) in [7, 11) is 1.92. The lowest BCUT2D eigenvalue weighted by Crippen LogP contribution is -2.32. The van der Waals surface area contributed by atoms with Gasteiger partial charge in [0.1, 0.15) is 17.2 Å². The van der Waals surface area contributed by atoms with E-state index in [1.165, 1.54) is 0 Å². The number of hydrogen-bond acceptors (Lipinski definition) is 9. The molecule has 10 heteroatoms. The van der Waals surface area contributed by atoms with Crippen LogP contribution >= 0.6 is 0 Å². The monoisotopic (exact) mass is 551 g/mol. The number of nitrogens with one attached hydrogen (secondary N) is 1. The van der Waals surface area contributed by atoms with E-state index in [9.17, 15) is 4.79 Å². The van der Waals surface area contributed by atoms with Crippen LogP contribution < -0.4 is 20.7 Å². The molecule has 7 rings (SSSR count). The molecule has 2 saturated carbocycles. The van der Waals surface area contributed by atoms with Crippen molar-refractivity contribution in [3.05, 3.63) is 76.5 Å². The second-order valence-corrected chi connectivity index (χ2v) is 11.4. The highest BCUT2D eigenvalue weighted by molar-refractivity contribution is 6.06. The van der Waals surface area contributed by atoms with Crippen LogP contribution in [0.2, 0.25) is 0 Å². The van der Waals surface area contributed by atoms with Gasteiger partial charge in [0, 0.05) is 41.9 Å².